The number of piperidine rings is 1. The number of amides is 1. The van der Waals surface area contributed by atoms with Gasteiger partial charge in [0.05, 0.1) is 21.5 Å². The van der Waals surface area contributed by atoms with Gasteiger partial charge in [0.15, 0.2) is 17.6 Å². The van der Waals surface area contributed by atoms with Gasteiger partial charge in [-0.3, -0.25) is 9.69 Å². The first kappa shape index (κ1) is 26.1. The minimum Gasteiger partial charge on any atom is -0.508 e. The highest BCUT2D eigenvalue weighted by atomic mass is 32.2. The first-order valence-corrected chi connectivity index (χ1v) is 14.6. The Morgan fingerprint density at radius 3 is 2.56 bits per heavy atom. The normalized spacial score (nSPS) is 30.3. The van der Waals surface area contributed by atoms with Crippen molar-refractivity contribution in [3.63, 3.8) is 0 Å². The zero-order valence-corrected chi connectivity index (χ0v) is 22.5. The molecule has 9 nitrogen and oxygen atoms in total. The molecule has 2 bridgehead atoms. The van der Waals surface area contributed by atoms with Crippen LogP contribution in [0.25, 0.3) is 0 Å². The number of hydrogen-bond acceptors (Lipinski definition) is 8. The number of aliphatic hydroxyl groups is 2. The molecule has 1 amide bonds. The van der Waals surface area contributed by atoms with Crippen LogP contribution in [0, 0.1) is 11.7 Å². The lowest BCUT2D eigenvalue weighted by Crippen LogP contribution is -2.73. The predicted octanol–water partition coefficient (Wildman–Crippen LogP) is 2.66. The largest absolute Gasteiger partial charge is 0.508 e. The van der Waals surface area contributed by atoms with Crippen LogP contribution in [0.1, 0.15) is 44.2 Å². The van der Waals surface area contributed by atoms with Gasteiger partial charge in [-0.15, -0.1) is 0 Å². The molecule has 1 saturated carbocycles. The predicted molar refractivity (Wildman–Crippen MR) is 138 cm³/mol. The van der Waals surface area contributed by atoms with Crippen LogP contribution in [0.5, 0.6) is 11.5 Å². The lowest BCUT2D eigenvalue weighted by Gasteiger charge is -2.59. The van der Waals surface area contributed by atoms with Crippen LogP contribution in [-0.2, 0) is 26.7 Å². The maximum absolute atomic E-state index is 13.3. The van der Waals surface area contributed by atoms with Gasteiger partial charge < -0.3 is 20.1 Å². The summed E-state index contributed by atoms with van der Waals surface area (Å²) in [5.41, 5.74) is -1.37. The van der Waals surface area contributed by atoms with Gasteiger partial charge in [0, 0.05) is 18.2 Å². The first-order chi connectivity index (χ1) is 18.4. The Morgan fingerprint density at radius 1 is 1.21 bits per heavy atom. The monoisotopic (exact) mass is 558 g/mol. The molecule has 208 valence electrons. The number of likely N-dealkylation sites (tertiary alicyclic amines) is 1. The van der Waals surface area contributed by atoms with E-state index in [4.69, 9.17) is 4.74 Å². The number of aromatic hydroxyl groups is 1. The van der Waals surface area contributed by atoms with Crippen LogP contribution in [0.4, 0.5) is 4.39 Å². The lowest BCUT2D eigenvalue weighted by atomic mass is 9.53. The van der Waals surface area contributed by atoms with E-state index < -0.39 is 44.6 Å². The number of rotatable bonds is 6. The molecule has 0 radical (unpaired) electrons. The van der Waals surface area contributed by atoms with Crippen LogP contribution in [0.15, 0.2) is 52.6 Å². The smallest absolute Gasteiger partial charge is 0.264 e. The fourth-order valence-electron chi connectivity index (χ4n) is 6.76. The van der Waals surface area contributed by atoms with Gasteiger partial charge in [0.25, 0.3) is 15.9 Å². The maximum Gasteiger partial charge on any atom is 0.264 e. The second-order valence-electron chi connectivity index (χ2n) is 11.4. The molecular weight excluding hydrogens is 527 g/mol. The molecule has 4 atom stereocenters. The van der Waals surface area contributed by atoms with Gasteiger partial charge in [-0.25, -0.2) is 17.5 Å². The van der Waals surface area contributed by atoms with Crippen molar-refractivity contribution in [2.45, 2.75) is 67.6 Å². The molecule has 2 fully saturated rings. The fraction of sp³-hybridized carbons (Fsp3) is 0.464. The molecule has 4 aliphatic rings. The molecular formula is C28H31FN2O7S. The Morgan fingerprint density at radius 2 is 1.90 bits per heavy atom. The summed E-state index contributed by atoms with van der Waals surface area (Å²) in [6.07, 6.45) is 2.02. The maximum atomic E-state index is 13.3. The number of aliphatic hydroxyl groups excluding tert-OH is 1. The molecule has 2 aromatic carbocycles. The van der Waals surface area contributed by atoms with E-state index in [1.807, 2.05) is 10.8 Å². The Bertz CT molecular complexity index is 1500. The van der Waals surface area contributed by atoms with Gasteiger partial charge in [-0.1, -0.05) is 6.07 Å². The van der Waals surface area contributed by atoms with E-state index in [1.54, 1.807) is 6.92 Å². The number of hydrogen-bond donors (Lipinski definition) is 4. The first-order valence-electron chi connectivity index (χ1n) is 13.1. The topological polar surface area (TPSA) is 136 Å². The number of nitrogens with zero attached hydrogens (tertiary/aromatic N) is 1. The standard InChI is InChI=1S/C28H31FN2O7S/c1-15(26(34)30-39(36,37)19-8-6-18(29)7-9-19)23(33)25-28-11-12-31(14-16-3-4-16)21(27(28,2)35)13-17-5-10-20(32)24(38-25)22(17)28/h5-10,16,21,25,32-33,35H,3-4,11-14H2,1-2H3,(H,30,34)/b23-15-/t21-,25+,27-,28+/m1/s1. The van der Waals surface area contributed by atoms with E-state index >= 15 is 0 Å². The molecule has 2 heterocycles. The van der Waals surface area contributed by atoms with Crippen LogP contribution >= 0.6 is 0 Å². The number of sulfonamides is 1. The van der Waals surface area contributed by atoms with Gasteiger partial charge in [-0.05, 0) is 87.9 Å². The molecule has 4 N–H and O–H groups in total. The zero-order valence-electron chi connectivity index (χ0n) is 21.6. The SMILES string of the molecule is C/C(C(=O)NS(=O)(=O)c1ccc(F)cc1)=C(/O)[C@@H]1Oc2c(O)ccc3c2[C@@]12CCN(CC1CC1)[C@H](C3)[C@@]2(C)O. The second kappa shape index (κ2) is 8.67. The Hall–Kier alpha value is -3.15. The van der Waals surface area contributed by atoms with Crippen molar-refractivity contribution in [3.8, 4) is 11.5 Å². The van der Waals surface area contributed by atoms with Gasteiger partial charge in [-0.2, -0.15) is 0 Å². The second-order valence-corrected chi connectivity index (χ2v) is 13.1. The number of phenolic OH excluding ortho intramolecular Hbond substituents is 1. The summed E-state index contributed by atoms with van der Waals surface area (Å²) in [6, 6.07) is 7.04. The third-order valence-corrected chi connectivity index (χ3v) is 10.4. The molecule has 2 aliphatic heterocycles. The minimum absolute atomic E-state index is 0.140. The molecule has 0 unspecified atom stereocenters. The van der Waals surface area contributed by atoms with Crippen molar-refractivity contribution in [1.29, 1.82) is 0 Å². The zero-order chi connectivity index (χ0) is 27.9. The number of carbonyl (C=O) groups is 1. The Labute approximate surface area is 226 Å². The van der Waals surface area contributed by atoms with E-state index in [0.717, 1.165) is 49.2 Å². The molecule has 6 rings (SSSR count). The molecule has 11 heteroatoms. The number of nitrogens with one attached hydrogen (secondary N) is 1. The van der Waals surface area contributed by atoms with E-state index in [1.165, 1.54) is 13.0 Å². The minimum atomic E-state index is -4.36. The van der Waals surface area contributed by atoms with Gasteiger partial charge in [0.2, 0.25) is 0 Å². The Kier molecular flexibility index (Phi) is 5.80. The number of fused-ring (bicyclic) bond motifs is 1. The fourth-order valence-corrected chi connectivity index (χ4v) is 7.77. The molecule has 2 aromatic rings. The summed E-state index contributed by atoms with van der Waals surface area (Å²) in [6.45, 7) is 4.49. The molecule has 1 saturated heterocycles. The number of halogens is 1. The van der Waals surface area contributed by atoms with Crippen LogP contribution < -0.4 is 9.46 Å². The summed E-state index contributed by atoms with van der Waals surface area (Å²) in [5, 5.41) is 34.4. The average molecular weight is 559 g/mol. The molecule has 2 aliphatic carbocycles. The lowest BCUT2D eigenvalue weighted by molar-refractivity contribution is -0.153. The summed E-state index contributed by atoms with van der Waals surface area (Å²) >= 11 is 0. The van der Waals surface area contributed by atoms with Crippen molar-refractivity contribution < 1.29 is 37.7 Å². The van der Waals surface area contributed by atoms with Crippen LogP contribution in [0.2, 0.25) is 0 Å². The van der Waals surface area contributed by atoms with Gasteiger partial charge in [0.1, 0.15) is 11.6 Å². The van der Waals surface area contributed by atoms with Crippen LogP contribution in [0.3, 0.4) is 0 Å². The summed E-state index contributed by atoms with van der Waals surface area (Å²) in [5.74, 6) is -1.63. The highest BCUT2D eigenvalue weighted by Gasteiger charge is 2.69. The number of benzene rings is 2. The molecule has 39 heavy (non-hydrogen) atoms. The van der Waals surface area contributed by atoms with E-state index in [-0.39, 0.29) is 28.0 Å². The quantitative estimate of drug-likeness (QED) is 0.314. The van der Waals surface area contributed by atoms with Gasteiger partial charge >= 0.3 is 0 Å². The van der Waals surface area contributed by atoms with Crippen molar-refractivity contribution in [2.24, 2.45) is 5.92 Å². The van der Waals surface area contributed by atoms with Crippen molar-refractivity contribution in [2.75, 3.05) is 13.1 Å². The van der Waals surface area contributed by atoms with Crippen molar-refractivity contribution in [3.05, 3.63) is 64.7 Å². The van der Waals surface area contributed by atoms with Crippen molar-refractivity contribution in [1.82, 2.24) is 9.62 Å². The summed E-state index contributed by atoms with van der Waals surface area (Å²) < 4.78 is 46.8. The highest BCUT2D eigenvalue weighted by molar-refractivity contribution is 7.90. The number of carbonyl (C=O) groups excluding carboxylic acids is 1. The number of phenols is 1. The summed E-state index contributed by atoms with van der Waals surface area (Å²) in [4.78, 5) is 15.0. The Balaban J connectivity index is 1.39. The van der Waals surface area contributed by atoms with Crippen molar-refractivity contribution >= 4 is 15.9 Å². The number of ether oxygens (including phenoxy) is 1. The van der Waals surface area contributed by atoms with E-state index in [9.17, 15) is 32.9 Å². The van der Waals surface area contributed by atoms with E-state index in [2.05, 4.69) is 4.90 Å². The van der Waals surface area contributed by atoms with Crippen LogP contribution in [-0.4, -0.2) is 65.4 Å². The third-order valence-electron chi connectivity index (χ3n) is 9.07. The highest BCUT2D eigenvalue weighted by Crippen LogP contribution is 2.63. The third kappa shape index (κ3) is 3.85. The molecule has 1 spiro atoms. The van der Waals surface area contributed by atoms with E-state index in [0.29, 0.717) is 30.9 Å². The summed E-state index contributed by atoms with van der Waals surface area (Å²) in [7, 11) is -4.36. The average Bonchev–Trinajstić information content (AvgIpc) is 3.62. The molecule has 0 aromatic heterocycles.